The second kappa shape index (κ2) is 8.29. The van der Waals surface area contributed by atoms with E-state index in [1.807, 2.05) is 42.5 Å². The molecule has 1 N–H and O–H groups in total. The molecule has 2 heterocycles. The largest absolute Gasteiger partial charge is 0.487 e. The van der Waals surface area contributed by atoms with Crippen molar-refractivity contribution >= 4 is 18.0 Å². The lowest BCUT2D eigenvalue weighted by Crippen LogP contribution is -2.39. The van der Waals surface area contributed by atoms with Crippen molar-refractivity contribution in [2.24, 2.45) is 0 Å². The number of pyridine rings is 1. The summed E-state index contributed by atoms with van der Waals surface area (Å²) in [4.78, 5) is 29.0. The van der Waals surface area contributed by atoms with Gasteiger partial charge in [-0.1, -0.05) is 18.2 Å². The minimum Gasteiger partial charge on any atom is -0.487 e. The van der Waals surface area contributed by atoms with Gasteiger partial charge in [0.2, 0.25) is 5.91 Å². The van der Waals surface area contributed by atoms with Crippen molar-refractivity contribution in [1.82, 2.24) is 9.88 Å². The Morgan fingerprint density at radius 2 is 2.04 bits per heavy atom. The highest BCUT2D eigenvalue weighted by Gasteiger charge is 2.32. The van der Waals surface area contributed by atoms with E-state index in [2.05, 4.69) is 4.98 Å². The van der Waals surface area contributed by atoms with E-state index in [4.69, 9.17) is 9.84 Å². The van der Waals surface area contributed by atoms with Crippen LogP contribution in [0.4, 0.5) is 0 Å². The summed E-state index contributed by atoms with van der Waals surface area (Å²) in [5.74, 6) is -0.506. The Balaban J connectivity index is 1.56. The number of amides is 1. The number of hydrogen-bond acceptors (Lipinski definition) is 4. The number of aliphatic carboxylic acids is 1. The summed E-state index contributed by atoms with van der Waals surface area (Å²) in [5, 5.41) is 9.14. The quantitative estimate of drug-likeness (QED) is 0.809. The summed E-state index contributed by atoms with van der Waals surface area (Å²) in [7, 11) is 0. The van der Waals surface area contributed by atoms with E-state index in [9.17, 15) is 9.59 Å². The zero-order chi connectivity index (χ0) is 18.4. The van der Waals surface area contributed by atoms with Crippen LogP contribution in [0.3, 0.4) is 0 Å². The van der Waals surface area contributed by atoms with E-state index in [1.54, 1.807) is 12.3 Å². The van der Waals surface area contributed by atoms with Gasteiger partial charge in [-0.05, 0) is 48.7 Å². The third kappa shape index (κ3) is 4.47. The van der Waals surface area contributed by atoms with Crippen LogP contribution < -0.4 is 4.74 Å². The molecule has 6 nitrogen and oxygen atoms in total. The zero-order valence-corrected chi connectivity index (χ0v) is 14.2. The molecule has 0 bridgehead atoms. The molecule has 0 radical (unpaired) electrons. The average molecular weight is 352 g/mol. The Morgan fingerprint density at radius 3 is 2.73 bits per heavy atom. The topological polar surface area (TPSA) is 79.7 Å². The van der Waals surface area contributed by atoms with Crippen molar-refractivity contribution in [2.45, 2.75) is 25.5 Å². The van der Waals surface area contributed by atoms with Gasteiger partial charge in [-0.25, -0.2) is 4.79 Å². The lowest BCUT2D eigenvalue weighted by Gasteiger charge is -2.19. The molecule has 0 aliphatic carbocycles. The van der Waals surface area contributed by atoms with Crippen LogP contribution in [0.1, 0.15) is 24.1 Å². The Kier molecular flexibility index (Phi) is 5.63. The van der Waals surface area contributed by atoms with Crippen LogP contribution in [0.2, 0.25) is 0 Å². The molecule has 1 fully saturated rings. The monoisotopic (exact) mass is 352 g/mol. The summed E-state index contributed by atoms with van der Waals surface area (Å²) in [6, 6.07) is 12.3. The molecule has 1 aromatic heterocycles. The van der Waals surface area contributed by atoms with Crippen LogP contribution >= 0.6 is 0 Å². The second-order valence-corrected chi connectivity index (χ2v) is 6.04. The number of carbonyl (C=O) groups excluding carboxylic acids is 1. The van der Waals surface area contributed by atoms with E-state index in [0.717, 1.165) is 17.7 Å². The van der Waals surface area contributed by atoms with Crippen molar-refractivity contribution in [3.05, 3.63) is 66.0 Å². The molecule has 2 aromatic rings. The number of aromatic nitrogens is 1. The maximum atomic E-state index is 12.2. The number of nitrogens with zero attached hydrogens (tertiary/aromatic N) is 2. The van der Waals surface area contributed by atoms with Gasteiger partial charge in [0.1, 0.15) is 18.4 Å². The van der Waals surface area contributed by atoms with Crippen LogP contribution in [0.25, 0.3) is 6.08 Å². The summed E-state index contributed by atoms with van der Waals surface area (Å²) in [6.07, 6.45) is 6.06. The number of carbonyl (C=O) groups is 2. The van der Waals surface area contributed by atoms with Crippen LogP contribution in [0.15, 0.2) is 54.7 Å². The highest BCUT2D eigenvalue weighted by atomic mass is 16.5. The summed E-state index contributed by atoms with van der Waals surface area (Å²) >= 11 is 0. The smallest absolute Gasteiger partial charge is 0.326 e. The molecule has 6 heteroatoms. The lowest BCUT2D eigenvalue weighted by molar-refractivity contribution is -0.146. The lowest BCUT2D eigenvalue weighted by atomic mass is 10.2. The third-order valence-electron chi connectivity index (χ3n) is 4.23. The normalized spacial score (nSPS) is 16.8. The van der Waals surface area contributed by atoms with Crippen molar-refractivity contribution in [2.75, 3.05) is 6.54 Å². The minimum absolute atomic E-state index is 0.273. The number of ether oxygens (including phenoxy) is 1. The van der Waals surface area contributed by atoms with Gasteiger partial charge in [0, 0.05) is 18.8 Å². The summed E-state index contributed by atoms with van der Waals surface area (Å²) in [5.41, 5.74) is 1.69. The van der Waals surface area contributed by atoms with E-state index < -0.39 is 12.0 Å². The van der Waals surface area contributed by atoms with Gasteiger partial charge in [0.25, 0.3) is 0 Å². The Bertz CT molecular complexity index is 787. The van der Waals surface area contributed by atoms with Gasteiger partial charge in [0.05, 0.1) is 5.69 Å². The molecule has 1 aliphatic rings. The van der Waals surface area contributed by atoms with Crippen molar-refractivity contribution in [3.8, 4) is 5.75 Å². The molecule has 0 unspecified atom stereocenters. The molecule has 0 spiro atoms. The Hall–Kier alpha value is -3.15. The molecule has 1 aliphatic heterocycles. The second-order valence-electron chi connectivity index (χ2n) is 6.04. The van der Waals surface area contributed by atoms with E-state index in [1.165, 1.54) is 11.0 Å². The number of benzene rings is 1. The molecule has 0 saturated carbocycles. The fourth-order valence-corrected chi connectivity index (χ4v) is 2.87. The number of carboxylic acids is 1. The highest BCUT2D eigenvalue weighted by Crippen LogP contribution is 2.19. The fourth-order valence-electron chi connectivity index (χ4n) is 2.87. The number of likely N-dealkylation sites (tertiary alicyclic amines) is 1. The first-order valence-electron chi connectivity index (χ1n) is 8.48. The van der Waals surface area contributed by atoms with E-state index in [-0.39, 0.29) is 5.91 Å². The van der Waals surface area contributed by atoms with Gasteiger partial charge in [0.15, 0.2) is 0 Å². The minimum atomic E-state index is -0.946. The van der Waals surface area contributed by atoms with Crippen molar-refractivity contribution < 1.29 is 19.4 Å². The Morgan fingerprint density at radius 1 is 1.23 bits per heavy atom. The third-order valence-corrected chi connectivity index (χ3v) is 4.23. The van der Waals surface area contributed by atoms with Gasteiger partial charge >= 0.3 is 5.97 Å². The van der Waals surface area contributed by atoms with Gasteiger partial charge in [-0.2, -0.15) is 0 Å². The molecule has 26 heavy (non-hydrogen) atoms. The van der Waals surface area contributed by atoms with Crippen LogP contribution in [-0.2, 0) is 16.2 Å². The summed E-state index contributed by atoms with van der Waals surface area (Å²) < 4.78 is 5.67. The van der Waals surface area contributed by atoms with Crippen LogP contribution in [0, 0.1) is 0 Å². The maximum Gasteiger partial charge on any atom is 0.326 e. The van der Waals surface area contributed by atoms with Gasteiger partial charge in [-0.3, -0.25) is 9.78 Å². The van der Waals surface area contributed by atoms with Gasteiger partial charge in [-0.15, -0.1) is 0 Å². The molecule has 1 aromatic carbocycles. The highest BCUT2D eigenvalue weighted by molar-refractivity contribution is 5.94. The van der Waals surface area contributed by atoms with Crippen molar-refractivity contribution in [3.63, 3.8) is 0 Å². The molecule has 3 rings (SSSR count). The number of rotatable bonds is 6. The average Bonchev–Trinajstić information content (AvgIpc) is 3.16. The van der Waals surface area contributed by atoms with Crippen LogP contribution in [-0.4, -0.2) is 39.5 Å². The first-order valence-corrected chi connectivity index (χ1v) is 8.48. The summed E-state index contributed by atoms with van der Waals surface area (Å²) in [6.45, 7) is 0.875. The Labute approximate surface area is 151 Å². The molecule has 1 atom stereocenters. The zero-order valence-electron chi connectivity index (χ0n) is 14.2. The van der Waals surface area contributed by atoms with E-state index in [0.29, 0.717) is 25.3 Å². The van der Waals surface area contributed by atoms with Crippen molar-refractivity contribution in [1.29, 1.82) is 0 Å². The predicted octanol–water partition coefficient (Wildman–Crippen LogP) is 2.75. The molecular weight excluding hydrogens is 332 g/mol. The predicted molar refractivity (Wildman–Crippen MR) is 96.4 cm³/mol. The van der Waals surface area contributed by atoms with Crippen LogP contribution in [0.5, 0.6) is 5.75 Å². The first-order chi connectivity index (χ1) is 12.6. The maximum absolute atomic E-state index is 12.2. The molecule has 1 amide bonds. The number of hydrogen-bond donors (Lipinski definition) is 1. The molecule has 134 valence electrons. The number of carboxylic acid groups (broad SMARTS) is 1. The molecule has 1 saturated heterocycles. The first kappa shape index (κ1) is 17.7. The fraction of sp³-hybridized carbons (Fsp3) is 0.250. The SMILES string of the molecule is O=C(O)[C@H]1CCCN1C(=O)/C=C/c1ccc(OCc2ccccn2)cc1. The standard InChI is InChI=1S/C20H20N2O4/c23-19(22-13-3-5-18(22)20(24)25)11-8-15-6-9-17(10-7-15)26-14-16-4-1-2-12-21-16/h1-2,4,6-12,18H,3,5,13-14H2,(H,24,25)/b11-8+/t18-/m1/s1. The van der Waals surface area contributed by atoms with Gasteiger partial charge < -0.3 is 14.7 Å². The molecular formula is C20H20N2O4. The van der Waals surface area contributed by atoms with E-state index >= 15 is 0 Å².